The van der Waals surface area contributed by atoms with Gasteiger partial charge in [-0.15, -0.1) is 0 Å². The van der Waals surface area contributed by atoms with Crippen LogP contribution in [0.15, 0.2) is 36.4 Å². The molecule has 0 fully saturated rings. The quantitative estimate of drug-likeness (QED) is 0.631. The number of thiophene rings is 1. The lowest BCUT2D eigenvalue weighted by Crippen LogP contribution is -2.47. The van der Waals surface area contributed by atoms with E-state index in [9.17, 15) is 24.1 Å². The van der Waals surface area contributed by atoms with Gasteiger partial charge in [-0.2, -0.15) is 0 Å². The lowest BCUT2D eigenvalue weighted by Gasteiger charge is -2.14. The third kappa shape index (κ3) is 4.49. The number of hydrogen-bond donors (Lipinski definition) is 2. The van der Waals surface area contributed by atoms with Crippen LogP contribution in [0.4, 0.5) is 9.39 Å². The summed E-state index contributed by atoms with van der Waals surface area (Å²) in [7, 11) is 0. The molecule has 2 amide bonds. The molecule has 1 heterocycles. The predicted octanol–water partition coefficient (Wildman–Crippen LogP) is 2.02. The first kappa shape index (κ1) is 17.3. The molecule has 0 aliphatic rings. The number of nitro groups is 1. The summed E-state index contributed by atoms with van der Waals surface area (Å²) < 4.78 is 18.1. The number of hydrazine groups is 1. The minimum absolute atomic E-state index is 0.0779. The Labute approximate surface area is 139 Å². The molecular weight excluding hydrogens is 341 g/mol. The fourth-order valence-electron chi connectivity index (χ4n) is 1.60. The Balaban J connectivity index is 1.85. The van der Waals surface area contributed by atoms with Crippen LogP contribution >= 0.6 is 11.3 Å². The minimum atomic E-state index is -0.951. The van der Waals surface area contributed by atoms with Gasteiger partial charge in [0.1, 0.15) is 16.4 Å². The maximum atomic E-state index is 12.8. The largest absolute Gasteiger partial charge is 0.481 e. The minimum Gasteiger partial charge on any atom is -0.481 e. The molecule has 0 saturated heterocycles. The topological polar surface area (TPSA) is 111 Å². The zero-order valence-corrected chi connectivity index (χ0v) is 13.1. The van der Waals surface area contributed by atoms with Crippen LogP contribution in [0, 0.1) is 15.9 Å². The van der Waals surface area contributed by atoms with Crippen molar-refractivity contribution >= 4 is 28.2 Å². The van der Waals surface area contributed by atoms with Crippen LogP contribution < -0.4 is 15.6 Å². The van der Waals surface area contributed by atoms with Gasteiger partial charge in [0.25, 0.3) is 11.8 Å². The van der Waals surface area contributed by atoms with Crippen molar-refractivity contribution in [3.05, 3.63) is 57.2 Å². The zero-order valence-electron chi connectivity index (χ0n) is 12.3. The van der Waals surface area contributed by atoms with E-state index in [0.29, 0.717) is 17.1 Å². The number of halogens is 1. The zero-order chi connectivity index (χ0) is 17.7. The Bertz CT molecular complexity index is 762. The lowest BCUT2D eigenvalue weighted by molar-refractivity contribution is -0.380. The number of benzene rings is 1. The number of ether oxygens (including phenoxy) is 1. The molecule has 0 radical (unpaired) electrons. The highest BCUT2D eigenvalue weighted by atomic mass is 32.1. The van der Waals surface area contributed by atoms with E-state index in [1.54, 1.807) is 0 Å². The fraction of sp³-hybridized carbons (Fsp3) is 0.143. The molecule has 1 aromatic carbocycles. The summed E-state index contributed by atoms with van der Waals surface area (Å²) in [5.41, 5.74) is 4.29. The number of carbonyl (C=O) groups is 2. The highest BCUT2D eigenvalue weighted by Gasteiger charge is 2.18. The van der Waals surface area contributed by atoms with Gasteiger partial charge in [-0.05, 0) is 37.3 Å². The monoisotopic (exact) mass is 353 g/mol. The summed E-state index contributed by atoms with van der Waals surface area (Å²) in [5, 5.41) is 10.4. The Hall–Kier alpha value is -3.01. The molecule has 2 rings (SSSR count). The van der Waals surface area contributed by atoms with Crippen molar-refractivity contribution in [2.24, 2.45) is 0 Å². The van der Waals surface area contributed by atoms with Gasteiger partial charge in [-0.1, -0.05) is 11.3 Å². The van der Waals surface area contributed by atoms with E-state index in [1.807, 2.05) is 0 Å². The maximum absolute atomic E-state index is 12.8. The number of rotatable bonds is 5. The average molecular weight is 353 g/mol. The van der Waals surface area contributed by atoms with Gasteiger partial charge >= 0.3 is 5.00 Å². The first-order valence-corrected chi connectivity index (χ1v) is 7.45. The molecule has 0 aliphatic heterocycles. The van der Waals surface area contributed by atoms with Gasteiger partial charge in [-0.25, -0.2) is 4.39 Å². The van der Waals surface area contributed by atoms with E-state index < -0.39 is 28.7 Å². The van der Waals surface area contributed by atoms with Gasteiger partial charge < -0.3 is 4.74 Å². The SMILES string of the molecule is CC(Oc1ccc(F)cc1)C(=O)NNC(=O)c1ccc([N+](=O)[O-])s1. The standard InChI is InChI=1S/C14H12FN3O5S/c1-8(23-10-4-2-9(15)3-5-10)13(19)16-17-14(20)11-6-7-12(24-11)18(21)22/h2-8H,1H3,(H,16,19)(H,17,20). The van der Waals surface area contributed by atoms with Gasteiger partial charge in [0.2, 0.25) is 0 Å². The third-order valence-corrected chi connectivity index (χ3v) is 3.83. The van der Waals surface area contributed by atoms with E-state index in [2.05, 4.69) is 10.9 Å². The van der Waals surface area contributed by atoms with Crippen LogP contribution in [0.25, 0.3) is 0 Å². The summed E-state index contributed by atoms with van der Waals surface area (Å²) in [6.07, 6.45) is -0.951. The Morgan fingerprint density at radius 2 is 1.88 bits per heavy atom. The second kappa shape index (κ2) is 7.51. The van der Waals surface area contributed by atoms with Crippen LogP contribution in [-0.2, 0) is 4.79 Å². The van der Waals surface area contributed by atoms with Crippen molar-refractivity contribution in [1.82, 2.24) is 10.9 Å². The highest BCUT2D eigenvalue weighted by molar-refractivity contribution is 7.17. The summed E-state index contributed by atoms with van der Waals surface area (Å²) >= 11 is 0.684. The fourth-order valence-corrected chi connectivity index (χ4v) is 2.32. The second-order valence-electron chi connectivity index (χ2n) is 4.55. The van der Waals surface area contributed by atoms with Crippen molar-refractivity contribution in [3.8, 4) is 5.75 Å². The maximum Gasteiger partial charge on any atom is 0.324 e. The highest BCUT2D eigenvalue weighted by Crippen LogP contribution is 2.23. The van der Waals surface area contributed by atoms with E-state index in [4.69, 9.17) is 4.74 Å². The molecular formula is C14H12FN3O5S. The van der Waals surface area contributed by atoms with Crippen molar-refractivity contribution in [3.63, 3.8) is 0 Å². The van der Waals surface area contributed by atoms with E-state index >= 15 is 0 Å². The third-order valence-electron chi connectivity index (χ3n) is 2.79. The van der Waals surface area contributed by atoms with Crippen LogP contribution in [0.3, 0.4) is 0 Å². The molecule has 8 nitrogen and oxygen atoms in total. The van der Waals surface area contributed by atoms with Crippen molar-refractivity contribution < 1.29 is 23.6 Å². The normalized spacial score (nSPS) is 11.4. The van der Waals surface area contributed by atoms with Gasteiger partial charge in [0, 0.05) is 6.07 Å². The first-order chi connectivity index (χ1) is 11.4. The Kier molecular flexibility index (Phi) is 5.42. The first-order valence-electron chi connectivity index (χ1n) is 6.63. The predicted molar refractivity (Wildman–Crippen MR) is 83.1 cm³/mol. The molecule has 10 heteroatoms. The Morgan fingerprint density at radius 3 is 2.46 bits per heavy atom. The van der Waals surface area contributed by atoms with Crippen molar-refractivity contribution in [2.75, 3.05) is 0 Å². The molecule has 1 aromatic heterocycles. The van der Waals surface area contributed by atoms with E-state index in [-0.39, 0.29) is 9.88 Å². The summed E-state index contributed by atoms with van der Waals surface area (Å²) in [6, 6.07) is 7.58. The van der Waals surface area contributed by atoms with Gasteiger partial charge in [-0.3, -0.25) is 30.6 Å². The van der Waals surface area contributed by atoms with E-state index in [0.717, 1.165) is 0 Å². The molecule has 24 heavy (non-hydrogen) atoms. The van der Waals surface area contributed by atoms with Crippen LogP contribution in [-0.4, -0.2) is 22.8 Å². The molecule has 0 bridgehead atoms. The van der Waals surface area contributed by atoms with E-state index in [1.165, 1.54) is 43.3 Å². The summed E-state index contributed by atoms with van der Waals surface area (Å²) in [6.45, 7) is 1.45. The molecule has 1 unspecified atom stereocenters. The molecule has 0 spiro atoms. The molecule has 126 valence electrons. The number of nitrogens with zero attached hydrogens (tertiary/aromatic N) is 1. The summed E-state index contributed by atoms with van der Waals surface area (Å²) in [5.74, 6) is -1.47. The van der Waals surface area contributed by atoms with Crippen LogP contribution in [0.2, 0.25) is 0 Å². The second-order valence-corrected chi connectivity index (χ2v) is 5.61. The molecule has 0 saturated carbocycles. The smallest absolute Gasteiger partial charge is 0.324 e. The van der Waals surface area contributed by atoms with Gasteiger partial charge in [0.15, 0.2) is 6.10 Å². The van der Waals surface area contributed by atoms with Crippen LogP contribution in [0.5, 0.6) is 5.75 Å². The summed E-state index contributed by atoms with van der Waals surface area (Å²) in [4.78, 5) is 33.6. The molecule has 2 N–H and O–H groups in total. The van der Waals surface area contributed by atoms with Crippen LogP contribution in [0.1, 0.15) is 16.6 Å². The molecule has 2 aromatic rings. The number of carbonyl (C=O) groups excluding carboxylic acids is 2. The lowest BCUT2D eigenvalue weighted by atomic mass is 10.3. The van der Waals surface area contributed by atoms with Gasteiger partial charge in [0.05, 0.1) is 4.92 Å². The van der Waals surface area contributed by atoms with Crippen molar-refractivity contribution in [1.29, 1.82) is 0 Å². The van der Waals surface area contributed by atoms with Crippen molar-refractivity contribution in [2.45, 2.75) is 13.0 Å². The Morgan fingerprint density at radius 1 is 1.21 bits per heavy atom. The number of hydrogen-bond acceptors (Lipinski definition) is 6. The molecule has 0 aliphatic carbocycles. The molecule has 1 atom stereocenters. The number of amides is 2. The number of nitrogens with one attached hydrogen (secondary N) is 2. The average Bonchev–Trinajstić information content (AvgIpc) is 3.04.